The molecule has 2 rings (SSSR count). The second-order valence-corrected chi connectivity index (χ2v) is 6.35. The van der Waals surface area contributed by atoms with Gasteiger partial charge in [0.1, 0.15) is 5.82 Å². The van der Waals surface area contributed by atoms with Crippen LogP contribution in [-0.4, -0.2) is 18.2 Å². The number of nitrogens with one attached hydrogen (secondary N) is 2. The van der Waals surface area contributed by atoms with Crippen LogP contribution in [0.3, 0.4) is 0 Å². The van der Waals surface area contributed by atoms with Gasteiger partial charge in [-0.05, 0) is 43.7 Å². The maximum absolute atomic E-state index is 13.6. The maximum atomic E-state index is 13.6. The van der Waals surface area contributed by atoms with Crippen LogP contribution >= 0.6 is 23.2 Å². The summed E-state index contributed by atoms with van der Waals surface area (Å²) in [6.07, 6.45) is 0. The van der Waals surface area contributed by atoms with Gasteiger partial charge in [-0.1, -0.05) is 35.3 Å². The molecule has 0 unspecified atom stereocenters. The summed E-state index contributed by atoms with van der Waals surface area (Å²) in [6.45, 7) is 3.15. The first-order valence-corrected chi connectivity index (χ1v) is 8.32. The van der Waals surface area contributed by atoms with E-state index in [9.17, 15) is 14.0 Å². The second-order valence-electron chi connectivity index (χ2n) is 5.54. The standard InChI is InChI=1S/C18H17Cl2FN2O2/c1-10(13-7-16(21)15(20)8-14(13)19)22-9-18(25)23-17-6-4-3-5-12(17)11(2)24/h3-8,10,22H,9H2,1-2H3,(H,23,25)/t10-/m0/s1. The number of anilines is 1. The van der Waals surface area contributed by atoms with E-state index >= 15 is 0 Å². The van der Waals surface area contributed by atoms with Gasteiger partial charge < -0.3 is 10.6 Å². The molecule has 0 saturated carbocycles. The number of Topliss-reactive ketones (excluding diaryl/α,β-unsaturated/α-hetero) is 1. The van der Waals surface area contributed by atoms with Crippen LogP contribution in [0, 0.1) is 5.82 Å². The monoisotopic (exact) mass is 382 g/mol. The molecule has 0 fully saturated rings. The molecular weight excluding hydrogens is 366 g/mol. The van der Waals surface area contributed by atoms with Crippen molar-refractivity contribution < 1.29 is 14.0 Å². The summed E-state index contributed by atoms with van der Waals surface area (Å²) in [7, 11) is 0. The summed E-state index contributed by atoms with van der Waals surface area (Å²) < 4.78 is 13.6. The maximum Gasteiger partial charge on any atom is 0.238 e. The summed E-state index contributed by atoms with van der Waals surface area (Å²) in [5, 5.41) is 5.90. The van der Waals surface area contributed by atoms with Crippen LogP contribution in [-0.2, 0) is 4.79 Å². The molecule has 25 heavy (non-hydrogen) atoms. The second kappa shape index (κ2) is 8.43. The van der Waals surface area contributed by atoms with Crippen LogP contribution < -0.4 is 10.6 Å². The Bertz CT molecular complexity index is 812. The molecule has 0 radical (unpaired) electrons. The average Bonchev–Trinajstić information content (AvgIpc) is 2.56. The van der Waals surface area contributed by atoms with Crippen LogP contribution in [0.2, 0.25) is 10.0 Å². The van der Waals surface area contributed by atoms with Crippen LogP contribution in [0.25, 0.3) is 0 Å². The molecule has 0 spiro atoms. The molecule has 1 atom stereocenters. The van der Waals surface area contributed by atoms with Crippen molar-refractivity contribution in [3.8, 4) is 0 Å². The Morgan fingerprint density at radius 1 is 1.16 bits per heavy atom. The van der Waals surface area contributed by atoms with Crippen molar-refractivity contribution in [1.29, 1.82) is 0 Å². The van der Waals surface area contributed by atoms with Crippen molar-refractivity contribution in [3.63, 3.8) is 0 Å². The molecule has 0 aliphatic carbocycles. The average molecular weight is 383 g/mol. The van der Waals surface area contributed by atoms with E-state index < -0.39 is 5.82 Å². The lowest BCUT2D eigenvalue weighted by Crippen LogP contribution is -2.30. The molecule has 132 valence electrons. The zero-order chi connectivity index (χ0) is 18.6. The van der Waals surface area contributed by atoms with Crippen LogP contribution in [0.4, 0.5) is 10.1 Å². The van der Waals surface area contributed by atoms with E-state index in [0.29, 0.717) is 21.8 Å². The van der Waals surface area contributed by atoms with Crippen LogP contribution in [0.1, 0.15) is 35.8 Å². The van der Waals surface area contributed by atoms with Crippen molar-refractivity contribution in [3.05, 3.63) is 63.4 Å². The Morgan fingerprint density at radius 2 is 1.84 bits per heavy atom. The fraction of sp³-hybridized carbons (Fsp3) is 0.222. The highest BCUT2D eigenvalue weighted by molar-refractivity contribution is 6.35. The number of halogens is 3. The number of rotatable bonds is 6. The van der Waals surface area contributed by atoms with Gasteiger partial charge in [-0.2, -0.15) is 0 Å². The summed E-state index contributed by atoms with van der Waals surface area (Å²) in [4.78, 5) is 23.7. The fourth-order valence-corrected chi connectivity index (χ4v) is 2.87. The quantitative estimate of drug-likeness (QED) is 0.565. The smallest absolute Gasteiger partial charge is 0.238 e. The van der Waals surface area contributed by atoms with Gasteiger partial charge in [0.05, 0.1) is 17.3 Å². The molecule has 2 N–H and O–H groups in total. The molecular formula is C18H17Cl2FN2O2. The predicted octanol–water partition coefficient (Wildman–Crippen LogP) is 4.62. The number of carbonyl (C=O) groups is 2. The van der Waals surface area contributed by atoms with Gasteiger partial charge in [-0.3, -0.25) is 9.59 Å². The van der Waals surface area contributed by atoms with Crippen molar-refractivity contribution >= 4 is 40.6 Å². The van der Waals surface area contributed by atoms with Gasteiger partial charge in [-0.15, -0.1) is 0 Å². The Hall–Kier alpha value is -1.95. The normalized spacial score (nSPS) is 11.9. The third kappa shape index (κ3) is 5.01. The molecule has 0 heterocycles. The first kappa shape index (κ1) is 19.4. The molecule has 0 aromatic heterocycles. The summed E-state index contributed by atoms with van der Waals surface area (Å²) in [5.74, 6) is -1.04. The number of hydrogen-bond acceptors (Lipinski definition) is 3. The van der Waals surface area contributed by atoms with Crippen LogP contribution in [0.15, 0.2) is 36.4 Å². The van der Waals surface area contributed by atoms with E-state index in [4.69, 9.17) is 23.2 Å². The molecule has 2 aromatic rings. The number of ketones is 1. The topological polar surface area (TPSA) is 58.2 Å². The molecule has 4 nitrogen and oxygen atoms in total. The minimum Gasteiger partial charge on any atom is -0.324 e. The number of carbonyl (C=O) groups excluding carboxylic acids is 2. The Labute approximate surface area is 155 Å². The third-order valence-corrected chi connectivity index (χ3v) is 4.27. The predicted molar refractivity (Wildman–Crippen MR) is 97.9 cm³/mol. The Balaban J connectivity index is 2.01. The number of benzene rings is 2. The van der Waals surface area contributed by atoms with Gasteiger partial charge in [0.2, 0.25) is 5.91 Å². The van der Waals surface area contributed by atoms with Crippen molar-refractivity contribution in [2.24, 2.45) is 0 Å². The van der Waals surface area contributed by atoms with E-state index in [1.807, 2.05) is 0 Å². The first-order valence-electron chi connectivity index (χ1n) is 7.57. The van der Waals surface area contributed by atoms with Gasteiger partial charge in [-0.25, -0.2) is 4.39 Å². The zero-order valence-electron chi connectivity index (χ0n) is 13.7. The van der Waals surface area contributed by atoms with Gasteiger partial charge >= 0.3 is 0 Å². The molecule has 7 heteroatoms. The summed E-state index contributed by atoms with van der Waals surface area (Å²) in [5.41, 5.74) is 1.39. The van der Waals surface area contributed by atoms with E-state index in [1.54, 1.807) is 31.2 Å². The van der Waals surface area contributed by atoms with E-state index in [1.165, 1.54) is 19.1 Å². The highest BCUT2D eigenvalue weighted by atomic mass is 35.5. The summed E-state index contributed by atoms with van der Waals surface area (Å²) in [6, 6.07) is 8.96. The van der Waals surface area contributed by atoms with Crippen molar-refractivity contribution in [2.45, 2.75) is 19.9 Å². The number of amides is 1. The number of hydrogen-bond donors (Lipinski definition) is 2. The Kier molecular flexibility index (Phi) is 6.53. The van der Waals surface area contributed by atoms with Crippen molar-refractivity contribution in [2.75, 3.05) is 11.9 Å². The first-order chi connectivity index (χ1) is 11.8. The Morgan fingerprint density at radius 3 is 2.52 bits per heavy atom. The van der Waals surface area contributed by atoms with Gasteiger partial charge in [0.15, 0.2) is 5.78 Å². The molecule has 0 aliphatic heterocycles. The highest BCUT2D eigenvalue weighted by Crippen LogP contribution is 2.28. The fourth-order valence-electron chi connectivity index (χ4n) is 2.32. The van der Waals surface area contributed by atoms with E-state index in [2.05, 4.69) is 10.6 Å². The largest absolute Gasteiger partial charge is 0.324 e. The lowest BCUT2D eigenvalue weighted by atomic mass is 10.1. The number of para-hydroxylation sites is 1. The third-order valence-electron chi connectivity index (χ3n) is 3.66. The SMILES string of the molecule is CC(=O)c1ccccc1NC(=O)CN[C@@H](C)c1cc(F)c(Cl)cc1Cl. The van der Waals surface area contributed by atoms with Gasteiger partial charge in [0.25, 0.3) is 0 Å². The van der Waals surface area contributed by atoms with E-state index in [-0.39, 0.29) is 29.3 Å². The molecule has 1 amide bonds. The van der Waals surface area contributed by atoms with Gasteiger partial charge in [0, 0.05) is 16.6 Å². The van der Waals surface area contributed by atoms with Crippen LogP contribution in [0.5, 0.6) is 0 Å². The zero-order valence-corrected chi connectivity index (χ0v) is 15.2. The highest BCUT2D eigenvalue weighted by Gasteiger charge is 2.15. The minimum absolute atomic E-state index is 0.0337. The summed E-state index contributed by atoms with van der Waals surface area (Å²) >= 11 is 11.7. The van der Waals surface area contributed by atoms with E-state index in [0.717, 1.165) is 0 Å². The lowest BCUT2D eigenvalue weighted by molar-refractivity contribution is -0.115. The van der Waals surface area contributed by atoms with Crippen molar-refractivity contribution in [1.82, 2.24) is 5.32 Å². The molecule has 0 aliphatic rings. The molecule has 2 aromatic carbocycles. The lowest BCUT2D eigenvalue weighted by Gasteiger charge is -2.16. The minimum atomic E-state index is -0.574. The molecule has 0 bridgehead atoms. The molecule has 0 saturated heterocycles.